The van der Waals surface area contributed by atoms with Crippen molar-refractivity contribution in [3.8, 4) is 6.07 Å². The number of halogens is 3. The molecule has 0 radical (unpaired) electrons. The molecule has 2 heterocycles. The minimum atomic E-state index is -4.65. The average molecular weight is 390 g/mol. The van der Waals surface area contributed by atoms with Crippen molar-refractivity contribution in [1.29, 1.82) is 5.26 Å². The fraction of sp³-hybridized carbons (Fsp3) is 0.222. The number of nitrogens with zero attached hydrogens (tertiary/aromatic N) is 4. The van der Waals surface area contributed by atoms with Gasteiger partial charge in [-0.05, 0) is 37.6 Å². The van der Waals surface area contributed by atoms with E-state index < -0.39 is 23.0 Å². The highest BCUT2D eigenvalue weighted by molar-refractivity contribution is 8.01. The van der Waals surface area contributed by atoms with Gasteiger partial charge < -0.3 is 0 Å². The largest absolute Gasteiger partial charge is 0.433 e. The summed E-state index contributed by atoms with van der Waals surface area (Å²) in [7, 11) is 0. The first kappa shape index (κ1) is 18.9. The monoisotopic (exact) mass is 390 g/mol. The molecule has 0 saturated carbocycles. The molecule has 1 aromatic heterocycles. The summed E-state index contributed by atoms with van der Waals surface area (Å²) in [6.07, 6.45) is -4.65. The van der Waals surface area contributed by atoms with Crippen molar-refractivity contribution in [2.75, 3.05) is 5.01 Å². The van der Waals surface area contributed by atoms with Crippen LogP contribution in [0.5, 0.6) is 0 Å². The topological polar surface area (TPSA) is 69.3 Å². The highest BCUT2D eigenvalue weighted by Gasteiger charge is 2.38. The molecule has 138 valence electrons. The summed E-state index contributed by atoms with van der Waals surface area (Å²) in [5.41, 5.74) is 0.0590. The number of aryl methyl sites for hydroxylation is 1. The third-order valence-electron chi connectivity index (χ3n) is 3.89. The van der Waals surface area contributed by atoms with Crippen LogP contribution < -0.4 is 5.01 Å². The zero-order valence-corrected chi connectivity index (χ0v) is 15.1. The lowest BCUT2D eigenvalue weighted by Gasteiger charge is -2.15. The van der Waals surface area contributed by atoms with E-state index in [-0.39, 0.29) is 16.2 Å². The highest BCUT2D eigenvalue weighted by Crippen LogP contribution is 2.36. The van der Waals surface area contributed by atoms with Crippen LogP contribution in [0, 0.1) is 18.3 Å². The number of thioether (sulfide) groups is 1. The highest BCUT2D eigenvalue weighted by atomic mass is 32.2. The third-order valence-corrected chi connectivity index (χ3v) is 5.18. The molecule has 9 heteroatoms. The SMILES string of the molecule is CC1=NN(c2ccccc2)C(=O)C1Sc1nc(C(F)(F)F)cc(C)c1C#N. The molecule has 5 nitrogen and oxygen atoms in total. The van der Waals surface area contributed by atoms with E-state index in [2.05, 4.69) is 10.1 Å². The maximum atomic E-state index is 13.1. The van der Waals surface area contributed by atoms with Gasteiger partial charge in [0.05, 0.1) is 17.0 Å². The standard InChI is InChI=1S/C18H13F3N4OS/c1-10-8-14(18(19,20)21)23-16(13(10)9-22)27-15-11(2)24-25(17(15)26)12-6-4-3-5-7-12/h3-8,15H,1-2H3. The number of benzene rings is 1. The number of hydrazone groups is 1. The molecule has 0 bridgehead atoms. The Bertz CT molecular complexity index is 967. The van der Waals surface area contributed by atoms with Gasteiger partial charge in [0, 0.05) is 0 Å². The summed E-state index contributed by atoms with van der Waals surface area (Å²) in [5, 5.41) is 13.8. The number of alkyl halides is 3. The van der Waals surface area contributed by atoms with Gasteiger partial charge in [-0.15, -0.1) is 0 Å². The molecular weight excluding hydrogens is 377 g/mol. The Hall–Kier alpha value is -2.86. The second-order valence-electron chi connectivity index (χ2n) is 5.84. The van der Waals surface area contributed by atoms with Crippen molar-refractivity contribution in [3.63, 3.8) is 0 Å². The molecule has 1 atom stereocenters. The van der Waals surface area contributed by atoms with E-state index >= 15 is 0 Å². The van der Waals surface area contributed by atoms with E-state index in [1.165, 1.54) is 11.9 Å². The summed E-state index contributed by atoms with van der Waals surface area (Å²) >= 11 is 0.806. The molecule has 1 aliphatic heterocycles. The summed E-state index contributed by atoms with van der Waals surface area (Å²) in [6, 6.07) is 11.4. The van der Waals surface area contributed by atoms with Crippen molar-refractivity contribution in [1.82, 2.24) is 4.98 Å². The molecule has 27 heavy (non-hydrogen) atoms. The zero-order valence-electron chi connectivity index (χ0n) is 14.3. The number of aromatic nitrogens is 1. The first-order valence-electron chi connectivity index (χ1n) is 7.82. The van der Waals surface area contributed by atoms with Crippen LogP contribution >= 0.6 is 11.8 Å². The molecule has 0 N–H and O–H groups in total. The van der Waals surface area contributed by atoms with Gasteiger partial charge in [-0.2, -0.15) is 28.5 Å². The lowest BCUT2D eigenvalue weighted by atomic mass is 10.1. The smallest absolute Gasteiger partial charge is 0.271 e. The summed E-state index contributed by atoms with van der Waals surface area (Å²) in [5.74, 6) is -0.399. The molecule has 0 fully saturated rings. The van der Waals surface area contributed by atoms with E-state index in [9.17, 15) is 23.2 Å². The van der Waals surface area contributed by atoms with Gasteiger partial charge in [0.2, 0.25) is 0 Å². The number of carbonyl (C=O) groups is 1. The van der Waals surface area contributed by atoms with E-state index in [0.29, 0.717) is 11.4 Å². The number of amides is 1. The van der Waals surface area contributed by atoms with Crippen LogP contribution in [0.4, 0.5) is 18.9 Å². The first-order chi connectivity index (χ1) is 12.7. The van der Waals surface area contributed by atoms with Gasteiger partial charge in [0.25, 0.3) is 5.91 Å². The molecule has 2 aromatic rings. The number of hydrogen-bond acceptors (Lipinski definition) is 5. The Balaban J connectivity index is 1.96. The number of para-hydroxylation sites is 1. The fourth-order valence-electron chi connectivity index (χ4n) is 2.56. The van der Waals surface area contributed by atoms with Gasteiger partial charge in [-0.25, -0.2) is 4.98 Å². The van der Waals surface area contributed by atoms with Crippen molar-refractivity contribution in [3.05, 3.63) is 53.2 Å². The van der Waals surface area contributed by atoms with Crippen LogP contribution in [0.1, 0.15) is 23.7 Å². The average Bonchev–Trinajstić information content (AvgIpc) is 2.89. The summed E-state index contributed by atoms with van der Waals surface area (Å²) in [6.45, 7) is 3.03. The lowest BCUT2D eigenvalue weighted by Crippen LogP contribution is -2.29. The number of pyridine rings is 1. The molecule has 0 saturated heterocycles. The molecule has 0 aliphatic carbocycles. The van der Waals surface area contributed by atoms with Crippen LogP contribution in [0.25, 0.3) is 0 Å². The van der Waals surface area contributed by atoms with E-state index in [0.717, 1.165) is 17.8 Å². The minimum Gasteiger partial charge on any atom is -0.271 e. The maximum Gasteiger partial charge on any atom is 0.433 e. The van der Waals surface area contributed by atoms with Gasteiger partial charge in [0.1, 0.15) is 22.0 Å². The summed E-state index contributed by atoms with van der Waals surface area (Å²) < 4.78 is 39.2. The van der Waals surface area contributed by atoms with Crippen molar-refractivity contribution >= 4 is 29.1 Å². The number of rotatable bonds is 3. The molecule has 1 unspecified atom stereocenters. The molecule has 3 rings (SSSR count). The Morgan fingerprint density at radius 1 is 1.22 bits per heavy atom. The van der Waals surface area contributed by atoms with E-state index in [1.54, 1.807) is 37.3 Å². The van der Waals surface area contributed by atoms with Crippen molar-refractivity contribution < 1.29 is 18.0 Å². The van der Waals surface area contributed by atoms with Gasteiger partial charge in [-0.3, -0.25) is 4.79 Å². The second kappa shape index (κ2) is 7.04. The fourth-order valence-corrected chi connectivity index (χ4v) is 3.68. The first-order valence-corrected chi connectivity index (χ1v) is 8.70. The maximum absolute atomic E-state index is 13.1. The lowest BCUT2D eigenvalue weighted by molar-refractivity contribution is -0.141. The number of carbonyl (C=O) groups excluding carboxylic acids is 1. The second-order valence-corrected chi connectivity index (χ2v) is 6.93. The molecule has 0 spiro atoms. The van der Waals surface area contributed by atoms with Crippen molar-refractivity contribution in [2.45, 2.75) is 30.3 Å². The minimum absolute atomic E-state index is 0.0201. The predicted octanol–water partition coefficient (Wildman–Crippen LogP) is 4.16. The third kappa shape index (κ3) is 3.66. The van der Waals surface area contributed by atoms with Crippen LogP contribution in [0.15, 0.2) is 46.5 Å². The van der Waals surface area contributed by atoms with Crippen LogP contribution in [0.3, 0.4) is 0 Å². The quantitative estimate of drug-likeness (QED) is 0.789. The van der Waals surface area contributed by atoms with Gasteiger partial charge in [0.15, 0.2) is 0 Å². The van der Waals surface area contributed by atoms with E-state index in [4.69, 9.17) is 0 Å². The Morgan fingerprint density at radius 3 is 2.48 bits per heavy atom. The van der Waals surface area contributed by atoms with Crippen LogP contribution in [-0.4, -0.2) is 21.9 Å². The Morgan fingerprint density at radius 2 is 1.89 bits per heavy atom. The number of anilines is 1. The van der Waals surface area contributed by atoms with Gasteiger partial charge >= 0.3 is 6.18 Å². The molecular formula is C18H13F3N4OS. The molecule has 1 aliphatic rings. The van der Waals surface area contributed by atoms with Crippen LogP contribution in [0.2, 0.25) is 0 Å². The van der Waals surface area contributed by atoms with E-state index in [1.807, 2.05) is 6.07 Å². The molecule has 1 aromatic carbocycles. The normalized spacial score (nSPS) is 17.0. The van der Waals surface area contributed by atoms with Crippen LogP contribution in [-0.2, 0) is 11.0 Å². The Labute approximate surface area is 157 Å². The van der Waals surface area contributed by atoms with Gasteiger partial charge in [-0.1, -0.05) is 30.0 Å². The molecule has 1 amide bonds. The Kier molecular flexibility index (Phi) is 4.93. The predicted molar refractivity (Wildman–Crippen MR) is 95.4 cm³/mol. The van der Waals surface area contributed by atoms with Crippen molar-refractivity contribution in [2.24, 2.45) is 5.10 Å². The number of nitriles is 1. The zero-order chi connectivity index (χ0) is 19.8. The summed E-state index contributed by atoms with van der Waals surface area (Å²) in [4.78, 5) is 16.3. The number of hydrogen-bond donors (Lipinski definition) is 0.